The number of benzene rings is 1. The molecular weight excluding hydrogens is 259 g/mol. The van der Waals surface area contributed by atoms with Crippen molar-refractivity contribution in [3.8, 4) is 5.75 Å². The highest BCUT2D eigenvalue weighted by Crippen LogP contribution is 2.20. The molecule has 1 aliphatic heterocycles. The fraction of sp³-hybridized carbons (Fsp3) is 0.467. The fourth-order valence-corrected chi connectivity index (χ4v) is 1.97. The minimum Gasteiger partial charge on any atom is -0.494 e. The number of rotatable bonds is 4. The molecule has 1 heterocycles. The molecule has 2 rings (SSSR count). The number of methoxy groups -OCH3 is 1. The summed E-state index contributed by atoms with van der Waals surface area (Å²) in [6.45, 7) is 5.74. The number of amidine groups is 1. The summed E-state index contributed by atoms with van der Waals surface area (Å²) in [5.41, 5.74) is 0.545. The topological polar surface area (TPSA) is 50.7 Å². The van der Waals surface area contributed by atoms with Gasteiger partial charge in [-0.2, -0.15) is 0 Å². The number of hydrogen-bond donors (Lipinski definition) is 1. The summed E-state index contributed by atoms with van der Waals surface area (Å²) in [6, 6.07) is 4.13. The Bertz CT molecular complexity index is 553. The predicted molar refractivity (Wildman–Crippen MR) is 76.0 cm³/mol. The Kier molecular flexibility index (Phi) is 4.06. The van der Waals surface area contributed by atoms with Crippen LogP contribution in [0, 0.1) is 11.2 Å². The Morgan fingerprint density at radius 3 is 2.85 bits per heavy atom. The van der Waals surface area contributed by atoms with Gasteiger partial charge in [0.15, 0.2) is 17.3 Å². The van der Waals surface area contributed by atoms with Crippen LogP contribution in [0.4, 0.5) is 4.39 Å². The lowest BCUT2D eigenvalue weighted by Gasteiger charge is -2.28. The van der Waals surface area contributed by atoms with Gasteiger partial charge in [-0.25, -0.2) is 4.39 Å². The van der Waals surface area contributed by atoms with E-state index in [1.165, 1.54) is 25.3 Å². The minimum atomic E-state index is -0.473. The molecule has 108 valence electrons. The molecule has 0 atom stereocenters. The average molecular weight is 278 g/mol. The van der Waals surface area contributed by atoms with E-state index in [4.69, 9.17) is 4.74 Å². The lowest BCUT2D eigenvalue weighted by atomic mass is 9.92. The number of ketones is 1. The molecule has 4 nitrogen and oxygen atoms in total. The van der Waals surface area contributed by atoms with Crippen molar-refractivity contribution < 1.29 is 13.9 Å². The second-order valence-corrected chi connectivity index (χ2v) is 5.73. The van der Waals surface area contributed by atoms with Gasteiger partial charge in [-0.1, -0.05) is 13.8 Å². The maximum Gasteiger partial charge on any atom is 0.170 e. The van der Waals surface area contributed by atoms with E-state index in [-0.39, 0.29) is 23.4 Å². The third-order valence-electron chi connectivity index (χ3n) is 3.27. The van der Waals surface area contributed by atoms with E-state index in [9.17, 15) is 9.18 Å². The van der Waals surface area contributed by atoms with Crippen molar-refractivity contribution in [1.82, 2.24) is 5.32 Å². The van der Waals surface area contributed by atoms with Gasteiger partial charge in [0.2, 0.25) is 0 Å². The van der Waals surface area contributed by atoms with E-state index < -0.39 is 5.82 Å². The van der Waals surface area contributed by atoms with Gasteiger partial charge in [-0.3, -0.25) is 9.79 Å². The van der Waals surface area contributed by atoms with Crippen molar-refractivity contribution in [1.29, 1.82) is 0 Å². The number of Topliss-reactive ketones (excluding diaryl/α,β-unsaturated/α-hetero) is 1. The molecule has 0 fully saturated rings. The maximum absolute atomic E-state index is 13.3. The summed E-state index contributed by atoms with van der Waals surface area (Å²) in [7, 11) is 1.38. The fourth-order valence-electron chi connectivity index (χ4n) is 1.97. The molecule has 1 aliphatic rings. The van der Waals surface area contributed by atoms with Gasteiger partial charge in [0.05, 0.1) is 13.5 Å². The van der Waals surface area contributed by atoms with E-state index in [1.807, 2.05) is 0 Å². The summed E-state index contributed by atoms with van der Waals surface area (Å²) in [4.78, 5) is 16.5. The predicted octanol–water partition coefficient (Wildman–Crippen LogP) is 2.44. The van der Waals surface area contributed by atoms with Gasteiger partial charge in [0.25, 0.3) is 0 Å². The van der Waals surface area contributed by atoms with E-state index in [0.717, 1.165) is 6.54 Å². The van der Waals surface area contributed by atoms with Crippen LogP contribution in [0.25, 0.3) is 0 Å². The van der Waals surface area contributed by atoms with E-state index in [1.54, 1.807) is 0 Å². The molecule has 0 saturated heterocycles. The molecule has 0 aliphatic carbocycles. The second kappa shape index (κ2) is 5.61. The lowest BCUT2D eigenvalue weighted by molar-refractivity contribution is 0.0998. The molecule has 1 N–H and O–H groups in total. The number of carbonyl (C=O) groups excluding carboxylic acids is 1. The van der Waals surface area contributed by atoms with Gasteiger partial charge < -0.3 is 10.1 Å². The molecule has 0 amide bonds. The Labute approximate surface area is 118 Å². The van der Waals surface area contributed by atoms with Crippen LogP contribution in [-0.2, 0) is 0 Å². The highest BCUT2D eigenvalue weighted by atomic mass is 19.1. The highest BCUT2D eigenvalue weighted by Gasteiger charge is 2.23. The number of halogens is 1. The molecule has 0 bridgehead atoms. The van der Waals surface area contributed by atoms with Crippen molar-refractivity contribution in [2.75, 3.05) is 20.2 Å². The number of hydrogen-bond acceptors (Lipinski definition) is 4. The van der Waals surface area contributed by atoms with Crippen molar-refractivity contribution in [2.24, 2.45) is 10.4 Å². The van der Waals surface area contributed by atoms with Gasteiger partial charge in [-0.15, -0.1) is 0 Å². The number of nitrogens with zero attached hydrogens (tertiary/aromatic N) is 1. The number of nitrogens with one attached hydrogen (secondary N) is 1. The molecular formula is C15H19FN2O2. The van der Waals surface area contributed by atoms with Crippen LogP contribution in [0.15, 0.2) is 23.2 Å². The molecule has 1 aromatic rings. The van der Waals surface area contributed by atoms with Crippen LogP contribution in [0.5, 0.6) is 5.75 Å². The standard InChI is InChI=1S/C15H19FN2O2/c1-15(2)8-17-14(18-9-15)7-12(19)10-4-5-11(16)13(6-10)20-3/h4-6H,7-9H2,1-3H3,(H,17,18). The Balaban J connectivity index is 2.08. The first-order valence-corrected chi connectivity index (χ1v) is 6.55. The quantitative estimate of drug-likeness (QED) is 0.861. The Morgan fingerprint density at radius 1 is 1.50 bits per heavy atom. The first-order valence-electron chi connectivity index (χ1n) is 6.55. The molecule has 0 saturated carbocycles. The Hall–Kier alpha value is -1.91. The summed E-state index contributed by atoms with van der Waals surface area (Å²) in [6.07, 6.45) is 0.199. The molecule has 0 radical (unpaired) electrons. The zero-order chi connectivity index (χ0) is 14.8. The van der Waals surface area contributed by atoms with Crippen LogP contribution in [0.2, 0.25) is 0 Å². The minimum absolute atomic E-state index is 0.0792. The molecule has 0 spiro atoms. The van der Waals surface area contributed by atoms with Crippen LogP contribution in [0.3, 0.4) is 0 Å². The summed E-state index contributed by atoms with van der Waals surface area (Å²) in [5.74, 6) is 0.196. The van der Waals surface area contributed by atoms with Gasteiger partial charge in [0, 0.05) is 24.1 Å². The van der Waals surface area contributed by atoms with Crippen molar-refractivity contribution >= 4 is 11.6 Å². The third-order valence-corrected chi connectivity index (χ3v) is 3.27. The lowest BCUT2D eigenvalue weighted by Crippen LogP contribution is -2.41. The normalized spacial score (nSPS) is 17.1. The third kappa shape index (κ3) is 3.35. The summed E-state index contributed by atoms with van der Waals surface area (Å²) < 4.78 is 18.2. The van der Waals surface area contributed by atoms with Gasteiger partial charge in [-0.05, 0) is 18.2 Å². The van der Waals surface area contributed by atoms with Crippen LogP contribution in [0.1, 0.15) is 30.6 Å². The molecule has 5 heteroatoms. The average Bonchev–Trinajstić information content (AvgIpc) is 2.41. The van der Waals surface area contributed by atoms with Gasteiger partial charge >= 0.3 is 0 Å². The number of aliphatic imine (C=N–C) groups is 1. The zero-order valence-electron chi connectivity index (χ0n) is 12.0. The second-order valence-electron chi connectivity index (χ2n) is 5.73. The van der Waals surface area contributed by atoms with E-state index >= 15 is 0 Å². The summed E-state index contributed by atoms with van der Waals surface area (Å²) >= 11 is 0. The first-order chi connectivity index (χ1) is 9.41. The maximum atomic E-state index is 13.3. The summed E-state index contributed by atoms with van der Waals surface area (Å²) in [5, 5.41) is 3.17. The van der Waals surface area contributed by atoms with Crippen molar-refractivity contribution in [3.63, 3.8) is 0 Å². The van der Waals surface area contributed by atoms with E-state index in [2.05, 4.69) is 24.2 Å². The Morgan fingerprint density at radius 2 is 2.25 bits per heavy atom. The van der Waals surface area contributed by atoms with Crippen LogP contribution < -0.4 is 10.1 Å². The molecule has 0 aromatic heterocycles. The van der Waals surface area contributed by atoms with Crippen LogP contribution in [-0.4, -0.2) is 31.8 Å². The van der Waals surface area contributed by atoms with Crippen LogP contribution >= 0.6 is 0 Å². The largest absolute Gasteiger partial charge is 0.494 e. The monoisotopic (exact) mass is 278 g/mol. The van der Waals surface area contributed by atoms with Crippen molar-refractivity contribution in [2.45, 2.75) is 20.3 Å². The molecule has 1 aromatic carbocycles. The zero-order valence-corrected chi connectivity index (χ0v) is 12.0. The first kappa shape index (κ1) is 14.5. The number of carbonyl (C=O) groups is 1. The smallest absolute Gasteiger partial charge is 0.170 e. The van der Waals surface area contributed by atoms with Crippen molar-refractivity contribution in [3.05, 3.63) is 29.6 Å². The van der Waals surface area contributed by atoms with Gasteiger partial charge in [0.1, 0.15) is 5.84 Å². The number of ether oxygens (including phenoxy) is 1. The SMILES string of the molecule is COc1cc(C(=O)CC2=NCC(C)(C)CN2)ccc1F. The molecule has 0 unspecified atom stereocenters. The highest BCUT2D eigenvalue weighted by molar-refractivity contribution is 6.09. The molecule has 20 heavy (non-hydrogen) atoms. The van der Waals surface area contributed by atoms with E-state index in [0.29, 0.717) is 17.9 Å².